The number of hydrogen-bond acceptors (Lipinski definition) is 3. The van der Waals surface area contributed by atoms with E-state index in [0.29, 0.717) is 5.56 Å². The number of allylic oxidation sites excluding steroid dienone is 2. The predicted octanol–water partition coefficient (Wildman–Crippen LogP) is 2.57. The molecule has 0 aromatic heterocycles. The van der Waals surface area contributed by atoms with E-state index in [1.807, 2.05) is 12.1 Å². The molecular weight excluding hydrogens is 292 g/mol. The number of barbiturate groups is 1. The first kappa shape index (κ1) is 15.5. The lowest BCUT2D eigenvalue weighted by molar-refractivity contribution is -0.138. The normalized spacial score (nSPS) is 20.7. The highest BCUT2D eigenvalue weighted by molar-refractivity contribution is 6.23. The maximum atomic E-state index is 12.6. The number of imide groups is 2. The average molecular weight is 312 g/mol. The van der Waals surface area contributed by atoms with E-state index < -0.39 is 23.3 Å². The number of urea groups is 1. The lowest BCUT2D eigenvalue weighted by atomic mass is 9.74. The van der Waals surface area contributed by atoms with Gasteiger partial charge in [-0.15, -0.1) is 0 Å². The summed E-state index contributed by atoms with van der Waals surface area (Å²) in [5.74, 6) is -1.10. The van der Waals surface area contributed by atoms with Crippen LogP contribution in [-0.4, -0.2) is 17.8 Å². The summed E-state index contributed by atoms with van der Waals surface area (Å²) in [5, 5.41) is 4.50. The van der Waals surface area contributed by atoms with Crippen molar-refractivity contribution in [2.75, 3.05) is 0 Å². The zero-order valence-electron chi connectivity index (χ0n) is 12.9. The summed E-state index contributed by atoms with van der Waals surface area (Å²) in [4.78, 5) is 36.6. The SMILES string of the molecule is O=C1NC(=O)C(CC=C2CCCCC2)(c2ccccc2)C(=O)N1. The largest absolute Gasteiger partial charge is 0.328 e. The quantitative estimate of drug-likeness (QED) is 0.665. The van der Waals surface area contributed by atoms with Gasteiger partial charge < -0.3 is 0 Å². The van der Waals surface area contributed by atoms with Crippen LogP contribution in [0.4, 0.5) is 4.79 Å². The van der Waals surface area contributed by atoms with Crippen molar-refractivity contribution in [1.82, 2.24) is 10.6 Å². The van der Waals surface area contributed by atoms with Crippen molar-refractivity contribution in [1.29, 1.82) is 0 Å². The predicted molar refractivity (Wildman–Crippen MR) is 85.6 cm³/mol. The number of amides is 4. The fourth-order valence-corrected chi connectivity index (χ4v) is 3.35. The molecule has 1 saturated heterocycles. The minimum absolute atomic E-state index is 0.275. The zero-order valence-corrected chi connectivity index (χ0v) is 12.9. The van der Waals surface area contributed by atoms with Gasteiger partial charge in [0.2, 0.25) is 11.8 Å². The molecule has 1 aromatic rings. The summed E-state index contributed by atoms with van der Waals surface area (Å²) in [6.07, 6.45) is 7.87. The highest BCUT2D eigenvalue weighted by atomic mass is 16.2. The second kappa shape index (κ2) is 6.36. The Morgan fingerprint density at radius 2 is 1.52 bits per heavy atom. The Kier molecular flexibility index (Phi) is 4.28. The Morgan fingerprint density at radius 3 is 2.13 bits per heavy atom. The molecule has 1 heterocycles. The van der Waals surface area contributed by atoms with Crippen molar-refractivity contribution in [3.63, 3.8) is 0 Å². The van der Waals surface area contributed by atoms with E-state index >= 15 is 0 Å². The van der Waals surface area contributed by atoms with Crippen molar-refractivity contribution >= 4 is 17.8 Å². The van der Waals surface area contributed by atoms with Crippen LogP contribution in [0.3, 0.4) is 0 Å². The molecule has 1 aliphatic carbocycles. The summed E-state index contributed by atoms with van der Waals surface area (Å²) >= 11 is 0. The van der Waals surface area contributed by atoms with Crippen molar-refractivity contribution in [2.45, 2.75) is 43.9 Å². The molecule has 1 aliphatic heterocycles. The number of carbonyl (C=O) groups excluding carboxylic acids is 3. The monoisotopic (exact) mass is 312 g/mol. The van der Waals surface area contributed by atoms with Crippen LogP contribution in [0.15, 0.2) is 42.0 Å². The second-order valence-electron chi connectivity index (χ2n) is 6.14. The molecule has 5 heteroatoms. The van der Waals surface area contributed by atoms with Gasteiger partial charge in [-0.3, -0.25) is 20.2 Å². The van der Waals surface area contributed by atoms with Gasteiger partial charge in [-0.25, -0.2) is 4.79 Å². The van der Waals surface area contributed by atoms with Gasteiger partial charge in [-0.1, -0.05) is 48.4 Å². The summed E-state index contributed by atoms with van der Waals surface area (Å²) in [6.45, 7) is 0. The van der Waals surface area contributed by atoms with Gasteiger partial charge in [0.05, 0.1) is 0 Å². The van der Waals surface area contributed by atoms with Crippen molar-refractivity contribution in [2.24, 2.45) is 0 Å². The molecule has 0 unspecified atom stereocenters. The fraction of sp³-hybridized carbons (Fsp3) is 0.389. The minimum atomic E-state index is -1.38. The maximum absolute atomic E-state index is 12.6. The third-order valence-corrected chi connectivity index (χ3v) is 4.69. The van der Waals surface area contributed by atoms with Gasteiger partial charge in [-0.2, -0.15) is 0 Å². The van der Waals surface area contributed by atoms with E-state index in [1.165, 1.54) is 12.0 Å². The van der Waals surface area contributed by atoms with Crippen molar-refractivity contribution < 1.29 is 14.4 Å². The van der Waals surface area contributed by atoms with Crippen LogP contribution in [0, 0.1) is 0 Å². The lowest BCUT2D eigenvalue weighted by Gasteiger charge is -2.34. The molecule has 1 aromatic carbocycles. The smallest absolute Gasteiger partial charge is 0.277 e. The number of nitrogens with one attached hydrogen (secondary N) is 2. The number of rotatable bonds is 3. The number of carbonyl (C=O) groups is 3. The van der Waals surface area contributed by atoms with Gasteiger partial charge in [-0.05, 0) is 37.7 Å². The third-order valence-electron chi connectivity index (χ3n) is 4.69. The van der Waals surface area contributed by atoms with E-state index in [1.54, 1.807) is 24.3 Å². The molecule has 2 aliphatic rings. The molecule has 0 spiro atoms. The summed E-state index contributed by atoms with van der Waals surface area (Å²) in [6, 6.07) is 8.18. The van der Waals surface area contributed by atoms with Gasteiger partial charge in [0, 0.05) is 0 Å². The van der Waals surface area contributed by atoms with Crippen LogP contribution < -0.4 is 10.6 Å². The molecule has 2 N–H and O–H groups in total. The molecule has 23 heavy (non-hydrogen) atoms. The Labute approximate surface area is 135 Å². The van der Waals surface area contributed by atoms with E-state index in [4.69, 9.17) is 0 Å². The molecule has 3 rings (SSSR count). The van der Waals surface area contributed by atoms with Crippen LogP contribution in [0.1, 0.15) is 44.1 Å². The first-order valence-electron chi connectivity index (χ1n) is 8.03. The molecule has 1 saturated carbocycles. The number of hydrogen-bond donors (Lipinski definition) is 2. The maximum Gasteiger partial charge on any atom is 0.328 e. The summed E-state index contributed by atoms with van der Waals surface area (Å²) in [5.41, 5.74) is 0.527. The van der Waals surface area contributed by atoms with Crippen LogP contribution in [0.25, 0.3) is 0 Å². The molecule has 0 atom stereocenters. The van der Waals surface area contributed by atoms with Crippen molar-refractivity contribution in [3.05, 3.63) is 47.5 Å². The molecule has 0 radical (unpaired) electrons. The average Bonchev–Trinajstić information content (AvgIpc) is 2.56. The van der Waals surface area contributed by atoms with E-state index in [9.17, 15) is 14.4 Å². The standard InChI is InChI=1S/C18H20N2O3/c21-15-18(14-9-5-2-6-10-14,16(22)20-17(23)19-15)12-11-13-7-3-1-4-8-13/h2,5-6,9-11H,1,3-4,7-8,12H2,(H2,19,20,21,22,23). The minimum Gasteiger partial charge on any atom is -0.277 e. The van der Waals surface area contributed by atoms with Gasteiger partial charge in [0.25, 0.3) is 0 Å². The van der Waals surface area contributed by atoms with Gasteiger partial charge >= 0.3 is 6.03 Å². The first-order valence-corrected chi connectivity index (χ1v) is 8.03. The Balaban J connectivity index is 1.98. The topological polar surface area (TPSA) is 75.3 Å². The van der Waals surface area contributed by atoms with E-state index in [-0.39, 0.29) is 6.42 Å². The number of benzene rings is 1. The molecular formula is C18H20N2O3. The van der Waals surface area contributed by atoms with Crippen LogP contribution in [0.2, 0.25) is 0 Å². The van der Waals surface area contributed by atoms with Crippen LogP contribution >= 0.6 is 0 Å². The molecule has 4 amide bonds. The van der Waals surface area contributed by atoms with E-state index in [0.717, 1.165) is 25.7 Å². The second-order valence-corrected chi connectivity index (χ2v) is 6.14. The Morgan fingerprint density at radius 1 is 0.913 bits per heavy atom. The van der Waals surface area contributed by atoms with Crippen LogP contribution in [0.5, 0.6) is 0 Å². The highest BCUT2D eigenvalue weighted by Crippen LogP contribution is 2.33. The zero-order chi connectivity index (χ0) is 16.3. The molecule has 2 fully saturated rings. The molecule has 5 nitrogen and oxygen atoms in total. The third kappa shape index (κ3) is 2.91. The Bertz CT molecular complexity index is 636. The van der Waals surface area contributed by atoms with Gasteiger partial charge in [0.1, 0.15) is 0 Å². The summed E-state index contributed by atoms with van der Waals surface area (Å²) < 4.78 is 0. The molecule has 0 bridgehead atoms. The highest BCUT2D eigenvalue weighted by Gasteiger charge is 2.50. The Hall–Kier alpha value is -2.43. The van der Waals surface area contributed by atoms with E-state index in [2.05, 4.69) is 10.6 Å². The first-order chi connectivity index (χ1) is 11.1. The van der Waals surface area contributed by atoms with Crippen molar-refractivity contribution in [3.8, 4) is 0 Å². The van der Waals surface area contributed by atoms with Crippen LogP contribution in [-0.2, 0) is 15.0 Å². The fourth-order valence-electron chi connectivity index (χ4n) is 3.35. The van der Waals surface area contributed by atoms with Gasteiger partial charge in [0.15, 0.2) is 5.41 Å². The molecule has 120 valence electrons. The summed E-state index contributed by atoms with van der Waals surface area (Å²) in [7, 11) is 0. The lowest BCUT2D eigenvalue weighted by Crippen LogP contribution is -2.64.